The van der Waals surface area contributed by atoms with E-state index in [0.29, 0.717) is 27.9 Å². The van der Waals surface area contributed by atoms with Gasteiger partial charge in [0.25, 0.3) is 0 Å². The lowest BCUT2D eigenvalue weighted by Gasteiger charge is -2.19. The second-order valence-corrected chi connectivity index (χ2v) is 10.7. The molecule has 0 atom stereocenters. The molecule has 0 bridgehead atoms. The Hall–Kier alpha value is -2.48. The zero-order valence-corrected chi connectivity index (χ0v) is 18.7. The Labute approximate surface area is 184 Å². The Morgan fingerprint density at radius 3 is 2.50 bits per heavy atom. The summed E-state index contributed by atoms with van der Waals surface area (Å²) in [7, 11) is -2.41. The van der Waals surface area contributed by atoms with E-state index in [1.807, 2.05) is 6.92 Å². The Balaban J connectivity index is 2.03. The number of fused-ring (bicyclic) bond motifs is 1. The number of ether oxygens (including phenoxy) is 1. The topological polar surface area (TPSA) is 81.7 Å². The van der Waals surface area contributed by atoms with Crippen LogP contribution >= 0.6 is 11.8 Å². The van der Waals surface area contributed by atoms with E-state index < -0.39 is 34.3 Å². The molecule has 0 saturated heterocycles. The quantitative estimate of drug-likeness (QED) is 0.345. The summed E-state index contributed by atoms with van der Waals surface area (Å²) in [6.45, 7) is 0.00377. The van der Waals surface area contributed by atoms with Crippen molar-refractivity contribution in [3.05, 3.63) is 30.9 Å². The van der Waals surface area contributed by atoms with E-state index in [0.717, 1.165) is 0 Å². The van der Waals surface area contributed by atoms with Gasteiger partial charge in [0.1, 0.15) is 11.2 Å². The summed E-state index contributed by atoms with van der Waals surface area (Å²) >= 11 is 1.43. The van der Waals surface area contributed by atoms with E-state index in [-0.39, 0.29) is 5.52 Å². The van der Waals surface area contributed by atoms with Gasteiger partial charge in [-0.15, -0.1) is 11.8 Å². The van der Waals surface area contributed by atoms with Gasteiger partial charge in [-0.05, 0) is 11.8 Å². The van der Waals surface area contributed by atoms with Crippen molar-refractivity contribution in [1.82, 2.24) is 19.4 Å². The van der Waals surface area contributed by atoms with E-state index in [1.165, 1.54) is 53.5 Å². The first-order chi connectivity index (χ1) is 14.8. The Morgan fingerprint density at radius 2 is 1.88 bits per heavy atom. The first kappa shape index (κ1) is 24.2. The molecule has 3 rings (SSSR count). The highest BCUT2D eigenvalue weighted by Crippen LogP contribution is 2.37. The van der Waals surface area contributed by atoms with Crippen LogP contribution in [0.2, 0.25) is 0 Å². The number of aromatic nitrogens is 4. The van der Waals surface area contributed by atoms with Crippen molar-refractivity contribution >= 4 is 32.7 Å². The predicted octanol–water partition coefficient (Wildman–Crippen LogP) is 4.84. The van der Waals surface area contributed by atoms with E-state index in [1.54, 1.807) is 6.07 Å². The van der Waals surface area contributed by atoms with Crippen molar-refractivity contribution in [3.63, 3.8) is 0 Å². The minimum absolute atomic E-state index is 0.0913. The lowest BCUT2D eigenvalue weighted by Crippen LogP contribution is -2.41. The number of hydrogen-bond acceptors (Lipinski definition) is 7. The monoisotopic (exact) mass is 495 g/mol. The standard InChI is InChI=1S/C18H18F5N5O2S2/c1-4-31-13-7-11(27-32(2,3)29)8-25-14(13)15-26-9-12-16(24-5-6-28(12)15)30-10-17(19,20)18(21,22)23/h5-9H,4,10H2,1-3H3. The first-order valence-corrected chi connectivity index (χ1v) is 12.3. The van der Waals surface area contributed by atoms with Gasteiger partial charge in [-0.25, -0.2) is 19.2 Å². The molecule has 0 fully saturated rings. The number of hydrogen-bond donors (Lipinski definition) is 0. The molecule has 3 aromatic rings. The molecule has 0 aliphatic carbocycles. The van der Waals surface area contributed by atoms with Crippen molar-refractivity contribution in [2.24, 2.45) is 4.36 Å². The van der Waals surface area contributed by atoms with Gasteiger partial charge in [0.15, 0.2) is 12.4 Å². The molecular formula is C18H18F5N5O2S2. The predicted molar refractivity (Wildman–Crippen MR) is 111 cm³/mol. The summed E-state index contributed by atoms with van der Waals surface area (Å²) in [4.78, 5) is 13.0. The van der Waals surface area contributed by atoms with Crippen molar-refractivity contribution in [2.45, 2.75) is 23.9 Å². The van der Waals surface area contributed by atoms with E-state index in [4.69, 9.17) is 4.74 Å². The second kappa shape index (κ2) is 8.81. The van der Waals surface area contributed by atoms with Crippen LogP contribution in [-0.4, -0.2) is 60.5 Å². The third kappa shape index (κ3) is 5.28. The fourth-order valence-corrected chi connectivity index (χ4v) is 4.01. The third-order valence-electron chi connectivity index (χ3n) is 3.90. The van der Waals surface area contributed by atoms with Crippen LogP contribution in [0.25, 0.3) is 17.0 Å². The average molecular weight is 495 g/mol. The van der Waals surface area contributed by atoms with E-state index >= 15 is 0 Å². The number of pyridine rings is 1. The molecule has 0 spiro atoms. The van der Waals surface area contributed by atoms with Gasteiger partial charge < -0.3 is 4.74 Å². The van der Waals surface area contributed by atoms with E-state index in [9.17, 15) is 26.2 Å². The highest BCUT2D eigenvalue weighted by molar-refractivity contribution is 7.99. The van der Waals surface area contributed by atoms with Crippen LogP contribution in [0.4, 0.5) is 27.6 Å². The summed E-state index contributed by atoms with van der Waals surface area (Å²) in [5.41, 5.74) is 0.932. The van der Waals surface area contributed by atoms with Crippen molar-refractivity contribution in [2.75, 3.05) is 24.9 Å². The Kier molecular flexibility index (Phi) is 6.65. The van der Waals surface area contributed by atoms with Crippen LogP contribution < -0.4 is 4.74 Å². The molecule has 0 saturated carbocycles. The van der Waals surface area contributed by atoms with Gasteiger partial charge in [-0.3, -0.25) is 4.40 Å². The van der Waals surface area contributed by atoms with Crippen LogP contribution in [0.5, 0.6) is 5.88 Å². The maximum Gasteiger partial charge on any atom is 0.456 e. The average Bonchev–Trinajstić information content (AvgIpc) is 3.09. The zero-order chi connectivity index (χ0) is 23.7. The molecular weight excluding hydrogens is 477 g/mol. The van der Waals surface area contributed by atoms with Gasteiger partial charge in [-0.1, -0.05) is 6.92 Å². The van der Waals surface area contributed by atoms with Crippen molar-refractivity contribution in [1.29, 1.82) is 0 Å². The molecule has 174 valence electrons. The molecule has 0 N–H and O–H groups in total. The fourth-order valence-electron chi connectivity index (χ4n) is 2.60. The second-order valence-electron chi connectivity index (χ2n) is 6.81. The van der Waals surface area contributed by atoms with Crippen LogP contribution in [0.15, 0.2) is 40.1 Å². The van der Waals surface area contributed by atoms with Gasteiger partial charge in [0.2, 0.25) is 5.88 Å². The number of thioether (sulfide) groups is 1. The number of halogens is 5. The minimum Gasteiger partial charge on any atom is -0.469 e. The maximum absolute atomic E-state index is 13.2. The lowest BCUT2D eigenvalue weighted by atomic mass is 10.3. The summed E-state index contributed by atoms with van der Waals surface area (Å²) < 4.78 is 86.0. The van der Waals surface area contributed by atoms with Gasteiger partial charge >= 0.3 is 12.1 Å². The largest absolute Gasteiger partial charge is 0.469 e. The van der Waals surface area contributed by atoms with Crippen LogP contribution in [-0.2, 0) is 9.73 Å². The third-order valence-corrected chi connectivity index (χ3v) is 5.46. The van der Waals surface area contributed by atoms with Crippen LogP contribution in [0.3, 0.4) is 0 Å². The molecule has 7 nitrogen and oxygen atoms in total. The van der Waals surface area contributed by atoms with Crippen LogP contribution in [0, 0.1) is 0 Å². The summed E-state index contributed by atoms with van der Waals surface area (Å²) in [6.07, 6.45) is 2.56. The summed E-state index contributed by atoms with van der Waals surface area (Å²) in [6, 6.07) is 1.70. The molecule has 0 aromatic carbocycles. The molecule has 0 unspecified atom stereocenters. The molecule has 0 aliphatic heterocycles. The number of rotatable bonds is 7. The fraction of sp³-hybridized carbons (Fsp3) is 0.389. The molecule has 3 aromatic heterocycles. The number of nitrogens with zero attached hydrogens (tertiary/aromatic N) is 5. The minimum atomic E-state index is -5.74. The molecule has 14 heteroatoms. The lowest BCUT2D eigenvalue weighted by molar-refractivity contribution is -0.290. The van der Waals surface area contributed by atoms with Crippen LogP contribution in [0.1, 0.15) is 6.92 Å². The first-order valence-electron chi connectivity index (χ1n) is 9.02. The molecule has 0 aliphatic rings. The van der Waals surface area contributed by atoms with Crippen molar-refractivity contribution in [3.8, 4) is 17.4 Å². The smallest absolute Gasteiger partial charge is 0.456 e. The van der Waals surface area contributed by atoms with Gasteiger partial charge in [0.05, 0.1) is 18.1 Å². The van der Waals surface area contributed by atoms with Crippen molar-refractivity contribution < 1.29 is 30.9 Å². The normalized spacial score (nSPS) is 12.9. The summed E-state index contributed by atoms with van der Waals surface area (Å²) in [5, 5.41) is 0. The summed E-state index contributed by atoms with van der Waals surface area (Å²) in [5.74, 6) is -4.49. The number of imidazole rings is 1. The molecule has 32 heavy (non-hydrogen) atoms. The molecule has 0 amide bonds. The number of alkyl halides is 5. The Bertz CT molecular complexity index is 1240. The highest BCUT2D eigenvalue weighted by atomic mass is 32.2. The SMILES string of the molecule is CCSc1cc(N=S(C)(C)=O)cnc1-c1ncc2c(OCC(F)(F)C(F)(F)F)nccn12. The molecule has 3 heterocycles. The van der Waals surface area contributed by atoms with E-state index in [2.05, 4.69) is 19.3 Å². The Morgan fingerprint density at radius 1 is 1.16 bits per heavy atom. The maximum atomic E-state index is 13.2. The van der Waals surface area contributed by atoms with Gasteiger partial charge in [-0.2, -0.15) is 26.3 Å². The zero-order valence-electron chi connectivity index (χ0n) is 17.1. The highest BCUT2D eigenvalue weighted by Gasteiger charge is 2.58. The van der Waals surface area contributed by atoms with Gasteiger partial charge in [0, 0.05) is 39.5 Å². The molecule has 0 radical (unpaired) electrons.